The summed E-state index contributed by atoms with van der Waals surface area (Å²) >= 11 is 0. The average Bonchev–Trinajstić information content (AvgIpc) is 3.05. The molecule has 0 amide bonds. The molecular weight excluding hydrogens is 369 g/mol. The van der Waals surface area contributed by atoms with Gasteiger partial charge in [0.25, 0.3) is 0 Å². The maximum atomic E-state index is 12.7. The fraction of sp³-hybridized carbons (Fsp3) is 0.105. The summed E-state index contributed by atoms with van der Waals surface area (Å²) in [5.41, 5.74) is 7.50. The summed E-state index contributed by atoms with van der Waals surface area (Å²) in [6.07, 6.45) is 5.16. The summed E-state index contributed by atoms with van der Waals surface area (Å²) in [5, 5.41) is 4.01. The van der Waals surface area contributed by atoms with Gasteiger partial charge >= 0.3 is 5.69 Å². The van der Waals surface area contributed by atoms with Gasteiger partial charge in [-0.25, -0.2) is 18.4 Å². The van der Waals surface area contributed by atoms with Gasteiger partial charge in [-0.15, -0.1) is 12.4 Å². The van der Waals surface area contributed by atoms with Crippen molar-refractivity contribution < 1.29 is 4.39 Å². The molecule has 0 fully saturated rings. The molecule has 3 aromatic rings. The van der Waals surface area contributed by atoms with E-state index in [1.165, 1.54) is 10.9 Å². The van der Waals surface area contributed by atoms with Crippen molar-refractivity contribution in [3.05, 3.63) is 88.6 Å². The lowest BCUT2D eigenvalue weighted by Crippen LogP contribution is -2.26. The highest BCUT2D eigenvalue weighted by Gasteiger charge is 2.08. The molecule has 0 saturated carbocycles. The Bertz CT molecular complexity index is 1050. The van der Waals surface area contributed by atoms with Crippen LogP contribution in [0.4, 0.5) is 4.39 Å². The number of nitrogens with two attached hydrogens (primary N) is 1. The summed E-state index contributed by atoms with van der Waals surface area (Å²) in [5.74, 6) is 6.06. The van der Waals surface area contributed by atoms with Crippen LogP contribution in [0.1, 0.15) is 11.1 Å². The van der Waals surface area contributed by atoms with Crippen LogP contribution in [0.3, 0.4) is 0 Å². The van der Waals surface area contributed by atoms with Gasteiger partial charge in [0.1, 0.15) is 6.33 Å². The fourth-order valence-corrected chi connectivity index (χ4v) is 2.27. The first kappa shape index (κ1) is 20.1. The van der Waals surface area contributed by atoms with E-state index in [0.29, 0.717) is 12.0 Å². The van der Waals surface area contributed by atoms with Crippen LogP contribution in [0, 0.1) is 11.8 Å². The van der Waals surface area contributed by atoms with E-state index in [-0.39, 0.29) is 36.8 Å². The number of rotatable bonds is 4. The van der Waals surface area contributed by atoms with Crippen LogP contribution in [0.5, 0.6) is 0 Å². The Kier molecular flexibility index (Phi) is 7.06. The Morgan fingerprint density at radius 2 is 2.00 bits per heavy atom. The molecule has 0 unspecified atom stereocenters. The summed E-state index contributed by atoms with van der Waals surface area (Å²) in [7, 11) is 0. The van der Waals surface area contributed by atoms with Gasteiger partial charge < -0.3 is 5.73 Å². The number of hydrogen-bond donors (Lipinski definition) is 1. The van der Waals surface area contributed by atoms with Crippen molar-refractivity contribution in [1.82, 2.24) is 19.3 Å². The van der Waals surface area contributed by atoms with E-state index in [1.54, 1.807) is 30.6 Å². The van der Waals surface area contributed by atoms with Crippen LogP contribution in [0.25, 0.3) is 5.69 Å². The summed E-state index contributed by atoms with van der Waals surface area (Å²) in [6, 6.07) is 10.9. The van der Waals surface area contributed by atoms with Gasteiger partial charge in [0.15, 0.2) is 0 Å². The third-order valence-corrected chi connectivity index (χ3v) is 3.64. The summed E-state index contributed by atoms with van der Waals surface area (Å²) in [4.78, 5) is 16.5. The smallest absolute Gasteiger partial charge is 0.327 e. The van der Waals surface area contributed by atoms with E-state index in [2.05, 4.69) is 21.9 Å². The SMILES string of the molecule is Cl.NC/C(=C\F)Cn1ncn(-c2cccc(C#Cc3cccnc3)c2)c1=O. The molecule has 0 atom stereocenters. The lowest BCUT2D eigenvalue weighted by Gasteiger charge is -2.02. The highest BCUT2D eigenvalue weighted by molar-refractivity contribution is 5.85. The molecule has 0 bridgehead atoms. The van der Waals surface area contributed by atoms with Crippen molar-refractivity contribution in [2.75, 3.05) is 6.54 Å². The molecule has 0 spiro atoms. The number of nitrogens with zero attached hydrogens (tertiary/aromatic N) is 4. The molecule has 2 N–H and O–H groups in total. The molecule has 6 nitrogen and oxygen atoms in total. The number of pyridine rings is 1. The van der Waals surface area contributed by atoms with E-state index in [4.69, 9.17) is 5.73 Å². The van der Waals surface area contributed by atoms with E-state index in [9.17, 15) is 9.18 Å². The minimum Gasteiger partial charge on any atom is -0.327 e. The van der Waals surface area contributed by atoms with Crippen molar-refractivity contribution >= 4 is 12.4 Å². The zero-order chi connectivity index (χ0) is 18.4. The molecule has 27 heavy (non-hydrogen) atoms. The van der Waals surface area contributed by atoms with E-state index >= 15 is 0 Å². The van der Waals surface area contributed by atoms with E-state index in [1.807, 2.05) is 18.2 Å². The van der Waals surface area contributed by atoms with Gasteiger partial charge in [-0.05, 0) is 35.9 Å². The van der Waals surface area contributed by atoms with E-state index in [0.717, 1.165) is 15.8 Å². The fourth-order valence-electron chi connectivity index (χ4n) is 2.27. The van der Waals surface area contributed by atoms with Gasteiger partial charge in [0, 0.05) is 30.1 Å². The Balaban J connectivity index is 0.00000261. The number of benzene rings is 1. The normalized spacial score (nSPS) is 10.7. The van der Waals surface area contributed by atoms with Crippen LogP contribution in [0.15, 0.2) is 71.8 Å². The highest BCUT2D eigenvalue weighted by atomic mass is 35.5. The third-order valence-electron chi connectivity index (χ3n) is 3.64. The van der Waals surface area contributed by atoms with Crippen molar-refractivity contribution in [3.8, 4) is 17.5 Å². The predicted octanol–water partition coefficient (Wildman–Crippen LogP) is 2.06. The van der Waals surface area contributed by atoms with Crippen molar-refractivity contribution in [3.63, 3.8) is 0 Å². The largest absolute Gasteiger partial charge is 0.350 e. The second-order valence-corrected chi connectivity index (χ2v) is 5.45. The molecule has 3 rings (SSSR count). The van der Waals surface area contributed by atoms with Gasteiger partial charge in [0.05, 0.1) is 18.6 Å². The first-order chi connectivity index (χ1) is 12.7. The highest BCUT2D eigenvalue weighted by Crippen LogP contribution is 2.08. The molecule has 0 saturated heterocycles. The molecule has 2 aromatic heterocycles. The summed E-state index contributed by atoms with van der Waals surface area (Å²) in [6.45, 7) is 0.0363. The Hall–Kier alpha value is -3.21. The Labute approximate surface area is 161 Å². The first-order valence-electron chi connectivity index (χ1n) is 7.86. The molecule has 0 radical (unpaired) electrons. The average molecular weight is 386 g/mol. The van der Waals surface area contributed by atoms with Gasteiger partial charge in [0.2, 0.25) is 0 Å². The Morgan fingerprint density at radius 1 is 1.22 bits per heavy atom. The van der Waals surface area contributed by atoms with Crippen molar-refractivity contribution in [2.45, 2.75) is 6.54 Å². The molecule has 2 heterocycles. The van der Waals surface area contributed by atoms with Crippen LogP contribution in [0.2, 0.25) is 0 Å². The predicted molar refractivity (Wildman–Crippen MR) is 104 cm³/mol. The summed E-state index contributed by atoms with van der Waals surface area (Å²) < 4.78 is 15.2. The lowest BCUT2D eigenvalue weighted by molar-refractivity contribution is 0.612. The molecule has 138 valence electrons. The van der Waals surface area contributed by atoms with Crippen LogP contribution < -0.4 is 11.4 Å². The van der Waals surface area contributed by atoms with Gasteiger partial charge in [-0.3, -0.25) is 4.98 Å². The minimum absolute atomic E-state index is 0. The maximum absolute atomic E-state index is 12.7. The molecule has 1 aromatic carbocycles. The van der Waals surface area contributed by atoms with Crippen molar-refractivity contribution in [1.29, 1.82) is 0 Å². The lowest BCUT2D eigenvalue weighted by atomic mass is 10.2. The minimum atomic E-state index is -0.379. The molecule has 0 aliphatic heterocycles. The second-order valence-electron chi connectivity index (χ2n) is 5.45. The second kappa shape index (κ2) is 9.48. The quantitative estimate of drug-likeness (QED) is 0.697. The zero-order valence-electron chi connectivity index (χ0n) is 14.2. The standard InChI is InChI=1S/C19H16FN5O.ClH/c20-10-17(11-21)13-25-19(26)24(14-23-25)18-5-1-3-15(9-18)6-7-16-4-2-8-22-12-16;/h1-5,8-10,12,14H,11,13,21H2;1H/b17-10+;. The monoisotopic (exact) mass is 385 g/mol. The maximum Gasteiger partial charge on any atom is 0.350 e. The first-order valence-corrected chi connectivity index (χ1v) is 7.86. The topological polar surface area (TPSA) is 78.7 Å². The van der Waals surface area contributed by atoms with Gasteiger partial charge in [-0.2, -0.15) is 5.10 Å². The number of hydrogen-bond acceptors (Lipinski definition) is 4. The zero-order valence-corrected chi connectivity index (χ0v) is 15.1. The van der Waals surface area contributed by atoms with Crippen molar-refractivity contribution in [2.24, 2.45) is 5.73 Å². The van der Waals surface area contributed by atoms with Crippen LogP contribution in [-0.2, 0) is 6.54 Å². The molecule has 0 aliphatic rings. The van der Waals surface area contributed by atoms with Gasteiger partial charge in [-0.1, -0.05) is 17.9 Å². The van der Waals surface area contributed by atoms with Crippen LogP contribution in [-0.4, -0.2) is 25.9 Å². The molecular formula is C19H17ClFN5O. The van der Waals surface area contributed by atoms with Crippen LogP contribution >= 0.6 is 12.4 Å². The number of halogens is 2. The molecule has 0 aliphatic carbocycles. The van der Waals surface area contributed by atoms with E-state index < -0.39 is 0 Å². The molecule has 8 heteroatoms. The third kappa shape index (κ3) is 4.91. The Morgan fingerprint density at radius 3 is 2.70 bits per heavy atom. The number of aromatic nitrogens is 4.